The number of halogens is 3. The van der Waals surface area contributed by atoms with Gasteiger partial charge in [-0.3, -0.25) is 0 Å². The molecule has 1 aliphatic rings. The first-order valence-corrected chi connectivity index (χ1v) is 8.90. The third-order valence-corrected chi connectivity index (χ3v) is 4.88. The molecule has 0 saturated heterocycles. The third-order valence-electron chi connectivity index (χ3n) is 4.88. The summed E-state index contributed by atoms with van der Waals surface area (Å²) >= 11 is 0. The normalized spacial score (nSPS) is 27.4. The van der Waals surface area contributed by atoms with Crippen LogP contribution >= 0.6 is 0 Å². The maximum atomic E-state index is 13.5. The van der Waals surface area contributed by atoms with Gasteiger partial charge in [0, 0.05) is 4.11 Å². The molecule has 0 bridgehead atoms. The fourth-order valence-electron chi connectivity index (χ4n) is 3.36. The Bertz CT molecular complexity index is 797. The van der Waals surface area contributed by atoms with Gasteiger partial charge in [-0.15, -0.1) is 0 Å². The predicted molar refractivity (Wildman–Crippen MR) is 96.0 cm³/mol. The molecule has 25 heavy (non-hydrogen) atoms. The van der Waals surface area contributed by atoms with E-state index in [1.807, 2.05) is 0 Å². The molecule has 1 saturated carbocycles. The molecule has 0 aliphatic heterocycles. The number of hydrogen-bond acceptors (Lipinski definition) is 0. The van der Waals surface area contributed by atoms with Crippen molar-refractivity contribution in [3.8, 4) is 11.1 Å². The van der Waals surface area contributed by atoms with Crippen LogP contribution in [0, 0.1) is 23.4 Å². The monoisotopic (exact) mass is 349 g/mol. The lowest BCUT2D eigenvalue weighted by Crippen LogP contribution is -2.13. The zero-order chi connectivity index (χ0) is 20.5. The molecule has 134 valence electrons. The molecule has 0 N–H and O–H groups in total. The molecule has 0 aromatic heterocycles. The highest BCUT2D eigenvalue weighted by atomic mass is 19.2. The predicted octanol–water partition coefficient (Wildman–Crippen LogP) is 7.23. The van der Waals surface area contributed by atoms with Crippen LogP contribution in [-0.2, 0) is 0 Å². The van der Waals surface area contributed by atoms with Crippen molar-refractivity contribution in [2.45, 2.75) is 57.7 Å². The van der Waals surface area contributed by atoms with Crippen molar-refractivity contribution >= 4 is 0 Å². The Labute approximate surface area is 152 Å². The lowest BCUT2D eigenvalue weighted by Gasteiger charge is -2.29. The van der Waals surface area contributed by atoms with Gasteiger partial charge in [0.1, 0.15) is 0 Å². The van der Waals surface area contributed by atoms with Gasteiger partial charge in [-0.05, 0) is 66.3 Å². The number of rotatable bonds is 5. The first-order valence-electron chi connectivity index (χ1n) is 10.5. The highest BCUT2D eigenvalue weighted by Crippen LogP contribution is 2.38. The van der Waals surface area contributed by atoms with Crippen molar-refractivity contribution in [3.05, 3.63) is 59.4 Å². The summed E-state index contributed by atoms with van der Waals surface area (Å²) < 4.78 is 65.7. The summed E-state index contributed by atoms with van der Waals surface area (Å²) in [4.78, 5) is 0. The van der Waals surface area contributed by atoms with Crippen molar-refractivity contribution in [3.63, 3.8) is 0 Å². The summed E-state index contributed by atoms with van der Waals surface area (Å²) in [6.07, 6.45) is 2.20. The van der Waals surface area contributed by atoms with E-state index in [0.29, 0.717) is 24.0 Å². The van der Waals surface area contributed by atoms with Crippen molar-refractivity contribution < 1.29 is 17.3 Å². The zero-order valence-electron chi connectivity index (χ0n) is 17.4. The third kappa shape index (κ3) is 4.26. The Balaban J connectivity index is 1.83. The van der Waals surface area contributed by atoms with E-state index in [9.17, 15) is 13.2 Å². The summed E-state index contributed by atoms with van der Waals surface area (Å²) in [6, 6.07) is 8.61. The second kappa shape index (κ2) is 8.07. The van der Waals surface area contributed by atoms with E-state index >= 15 is 0 Å². The highest BCUT2D eigenvalue weighted by molar-refractivity contribution is 5.64. The van der Waals surface area contributed by atoms with Gasteiger partial charge >= 0.3 is 0 Å². The van der Waals surface area contributed by atoms with Gasteiger partial charge in [-0.25, -0.2) is 13.2 Å². The van der Waals surface area contributed by atoms with E-state index in [2.05, 4.69) is 6.92 Å². The Hall–Kier alpha value is -1.77. The average Bonchev–Trinajstić information content (AvgIpc) is 2.63. The Kier molecular flexibility index (Phi) is 4.65. The lowest BCUT2D eigenvalue weighted by molar-refractivity contribution is 0.304. The largest absolute Gasteiger partial charge is 0.204 e. The summed E-state index contributed by atoms with van der Waals surface area (Å²) in [5, 5.41) is 0. The van der Waals surface area contributed by atoms with Gasteiger partial charge < -0.3 is 0 Å². The molecule has 3 unspecified atom stereocenters. The van der Waals surface area contributed by atoms with Gasteiger partial charge in [-0.1, -0.05) is 50.5 Å². The smallest absolute Gasteiger partial charge is 0.194 e. The molecule has 0 heterocycles. The van der Waals surface area contributed by atoms with Crippen LogP contribution in [0.1, 0.15) is 67.4 Å². The molecule has 0 amide bonds. The van der Waals surface area contributed by atoms with E-state index in [4.69, 9.17) is 4.11 Å². The van der Waals surface area contributed by atoms with E-state index < -0.39 is 36.1 Å². The van der Waals surface area contributed by atoms with E-state index in [-0.39, 0.29) is 11.5 Å². The van der Waals surface area contributed by atoms with Gasteiger partial charge in [0.25, 0.3) is 0 Å². The van der Waals surface area contributed by atoms with Crippen LogP contribution in [0.5, 0.6) is 0 Å². The second-order valence-corrected chi connectivity index (χ2v) is 6.74. The molecule has 0 radical (unpaired) electrons. The molecular formula is C22H25F3. The topological polar surface area (TPSA) is 0 Å². The Morgan fingerprint density at radius 2 is 1.68 bits per heavy atom. The molecule has 0 nitrogen and oxygen atoms in total. The van der Waals surface area contributed by atoms with E-state index in [0.717, 1.165) is 31.4 Å². The maximum Gasteiger partial charge on any atom is 0.194 e. The molecule has 3 atom stereocenters. The minimum absolute atomic E-state index is 0.219. The second-order valence-electron chi connectivity index (χ2n) is 6.74. The van der Waals surface area contributed by atoms with Crippen molar-refractivity contribution in [2.24, 2.45) is 5.92 Å². The minimum atomic E-state index is -1.49. The van der Waals surface area contributed by atoms with Gasteiger partial charge in [-0.2, -0.15) is 0 Å². The fraction of sp³-hybridized carbons (Fsp3) is 0.455. The summed E-state index contributed by atoms with van der Waals surface area (Å²) in [7, 11) is 0. The maximum absolute atomic E-state index is 13.5. The van der Waals surface area contributed by atoms with Crippen LogP contribution in [0.2, 0.25) is 0 Å². The number of hydrogen-bond donors (Lipinski definition) is 0. The van der Waals surface area contributed by atoms with Gasteiger partial charge in [0.2, 0.25) is 0 Å². The lowest BCUT2D eigenvalue weighted by atomic mass is 9.77. The molecular weight excluding hydrogens is 321 g/mol. The zero-order valence-corrected chi connectivity index (χ0v) is 14.4. The van der Waals surface area contributed by atoms with E-state index in [1.54, 1.807) is 24.3 Å². The van der Waals surface area contributed by atoms with Crippen LogP contribution in [0.3, 0.4) is 0 Å². The molecule has 2 aromatic carbocycles. The number of benzene rings is 2. The van der Waals surface area contributed by atoms with Crippen LogP contribution < -0.4 is 0 Å². The standard InChI is InChI=1S/C22H25F3/c1-2-3-4-15-5-7-16(8-6-15)17-9-11-18(12-10-17)19-13-20(23)22(25)21(24)14-19/h9-16H,2-8H2,1H3/i7D,8D2. The van der Waals surface area contributed by atoms with Crippen molar-refractivity contribution in [1.82, 2.24) is 0 Å². The van der Waals surface area contributed by atoms with Gasteiger partial charge in [0.15, 0.2) is 17.5 Å². The first kappa shape index (κ1) is 14.4. The quantitative estimate of drug-likeness (QED) is 0.499. The molecule has 1 fully saturated rings. The fourth-order valence-corrected chi connectivity index (χ4v) is 3.36. The molecule has 2 aromatic rings. The SMILES string of the molecule is [2H]C1CC(CCCC)CC([2H])([2H])C1c1ccc(-c2cc(F)c(F)c(F)c2)cc1. The molecule has 0 spiro atoms. The van der Waals surface area contributed by atoms with Crippen LogP contribution in [0.15, 0.2) is 36.4 Å². The molecule has 1 aliphatic carbocycles. The average molecular weight is 349 g/mol. The number of unbranched alkanes of at least 4 members (excludes halogenated alkanes) is 1. The van der Waals surface area contributed by atoms with Crippen LogP contribution in [0.4, 0.5) is 13.2 Å². The van der Waals surface area contributed by atoms with E-state index in [1.165, 1.54) is 0 Å². The van der Waals surface area contributed by atoms with Crippen LogP contribution in [0.25, 0.3) is 11.1 Å². The van der Waals surface area contributed by atoms with Crippen molar-refractivity contribution in [2.75, 3.05) is 0 Å². The molecule has 3 rings (SSSR count). The van der Waals surface area contributed by atoms with Gasteiger partial charge in [0.05, 0.1) is 0 Å². The van der Waals surface area contributed by atoms with Crippen LogP contribution in [-0.4, -0.2) is 0 Å². The Morgan fingerprint density at radius 3 is 2.28 bits per heavy atom. The Morgan fingerprint density at radius 1 is 1.00 bits per heavy atom. The summed E-state index contributed by atoms with van der Waals surface area (Å²) in [5.41, 5.74) is 1.45. The summed E-state index contributed by atoms with van der Waals surface area (Å²) in [5.74, 6) is -4.29. The summed E-state index contributed by atoms with van der Waals surface area (Å²) in [6.45, 7) is 2.11. The first-order chi connectivity index (χ1) is 13.2. The highest BCUT2D eigenvalue weighted by Gasteiger charge is 2.22. The van der Waals surface area contributed by atoms with Crippen molar-refractivity contribution in [1.29, 1.82) is 0 Å². The minimum Gasteiger partial charge on any atom is -0.204 e. The molecule has 3 heteroatoms.